The van der Waals surface area contributed by atoms with Crippen LogP contribution in [0, 0.1) is 19.3 Å². The van der Waals surface area contributed by atoms with Crippen LogP contribution in [0.1, 0.15) is 5.69 Å². The number of aromatic nitrogens is 1. The van der Waals surface area contributed by atoms with Crippen LogP contribution in [0.2, 0.25) is 0 Å². The van der Waals surface area contributed by atoms with E-state index in [0.717, 1.165) is 43.5 Å². The molecule has 0 radical (unpaired) electrons. The molecule has 4 heteroatoms. The molecule has 0 amide bonds. The molecule has 1 aliphatic rings. The van der Waals surface area contributed by atoms with Crippen LogP contribution in [0.4, 0.5) is 5.13 Å². The summed E-state index contributed by atoms with van der Waals surface area (Å²) in [7, 11) is 0. The molecule has 0 unspecified atom stereocenters. The molecule has 15 heavy (non-hydrogen) atoms. The number of hydrogen-bond donors (Lipinski definition) is 0. The summed E-state index contributed by atoms with van der Waals surface area (Å²) in [4.78, 5) is 9.13. The fraction of sp³-hybridized carbons (Fsp3) is 0.545. The van der Waals surface area contributed by atoms with Gasteiger partial charge in [0.2, 0.25) is 0 Å². The Morgan fingerprint density at radius 2 is 2.20 bits per heavy atom. The topological polar surface area (TPSA) is 19.4 Å². The Balaban J connectivity index is 1.91. The lowest BCUT2D eigenvalue weighted by atomic mass is 10.3. The molecule has 1 saturated heterocycles. The smallest absolute Gasteiger partial charge is 0.185 e. The number of anilines is 1. The summed E-state index contributed by atoms with van der Waals surface area (Å²) in [6, 6.07) is 0. The number of piperazine rings is 1. The maximum absolute atomic E-state index is 5.29. The summed E-state index contributed by atoms with van der Waals surface area (Å²) in [6.45, 7) is 6.97. The Hall–Kier alpha value is -1.05. The molecule has 2 rings (SSSR count). The quantitative estimate of drug-likeness (QED) is 0.700. The van der Waals surface area contributed by atoms with E-state index in [2.05, 4.69) is 26.1 Å². The van der Waals surface area contributed by atoms with Crippen molar-refractivity contribution in [1.82, 2.24) is 9.88 Å². The van der Waals surface area contributed by atoms with Crippen LogP contribution in [-0.4, -0.2) is 42.6 Å². The molecule has 0 aromatic carbocycles. The van der Waals surface area contributed by atoms with Gasteiger partial charge in [0.15, 0.2) is 5.13 Å². The highest BCUT2D eigenvalue weighted by Crippen LogP contribution is 2.21. The molecule has 80 valence electrons. The van der Waals surface area contributed by atoms with E-state index in [0.29, 0.717) is 0 Å². The first-order chi connectivity index (χ1) is 7.29. The van der Waals surface area contributed by atoms with Crippen LogP contribution >= 0.6 is 11.3 Å². The molecule has 1 fully saturated rings. The highest BCUT2D eigenvalue weighted by atomic mass is 32.1. The molecule has 1 aromatic heterocycles. The second-order valence-electron chi connectivity index (χ2n) is 3.74. The van der Waals surface area contributed by atoms with E-state index in [4.69, 9.17) is 6.42 Å². The maximum atomic E-state index is 5.29. The number of hydrogen-bond acceptors (Lipinski definition) is 4. The van der Waals surface area contributed by atoms with Gasteiger partial charge >= 0.3 is 0 Å². The first-order valence-electron chi connectivity index (χ1n) is 5.12. The number of aryl methyl sites for hydroxylation is 1. The largest absolute Gasteiger partial charge is 0.346 e. The number of rotatable bonds is 2. The number of nitrogens with zero attached hydrogens (tertiary/aromatic N) is 3. The van der Waals surface area contributed by atoms with E-state index >= 15 is 0 Å². The van der Waals surface area contributed by atoms with Gasteiger partial charge in [0.1, 0.15) is 0 Å². The van der Waals surface area contributed by atoms with Crippen LogP contribution in [0.15, 0.2) is 5.38 Å². The van der Waals surface area contributed by atoms with E-state index in [1.807, 2.05) is 6.92 Å². The molecular formula is C11H15N3S. The monoisotopic (exact) mass is 221 g/mol. The van der Waals surface area contributed by atoms with Crippen molar-refractivity contribution < 1.29 is 0 Å². The Morgan fingerprint density at radius 1 is 1.47 bits per heavy atom. The standard InChI is InChI=1S/C11H15N3S/c1-3-4-13-5-7-14(8-6-13)11-12-10(2)9-15-11/h1,9H,4-8H2,2H3. The van der Waals surface area contributed by atoms with Gasteiger partial charge in [-0.3, -0.25) is 4.90 Å². The zero-order chi connectivity index (χ0) is 10.7. The predicted octanol–water partition coefficient (Wildman–Crippen LogP) is 1.21. The predicted molar refractivity (Wildman–Crippen MR) is 64.3 cm³/mol. The van der Waals surface area contributed by atoms with Gasteiger partial charge in [0.25, 0.3) is 0 Å². The van der Waals surface area contributed by atoms with Gasteiger partial charge in [-0.1, -0.05) is 5.92 Å². The molecule has 1 aliphatic heterocycles. The second-order valence-corrected chi connectivity index (χ2v) is 4.58. The number of thiazole rings is 1. The first kappa shape index (κ1) is 10.5. The van der Waals surface area contributed by atoms with Crippen molar-refractivity contribution in [2.24, 2.45) is 0 Å². The van der Waals surface area contributed by atoms with Crippen molar-refractivity contribution in [3.63, 3.8) is 0 Å². The van der Waals surface area contributed by atoms with Crippen molar-refractivity contribution >= 4 is 16.5 Å². The highest BCUT2D eigenvalue weighted by molar-refractivity contribution is 7.13. The molecule has 0 spiro atoms. The Bertz CT molecular complexity index is 358. The lowest BCUT2D eigenvalue weighted by Crippen LogP contribution is -2.46. The second kappa shape index (κ2) is 4.65. The molecule has 0 aliphatic carbocycles. The summed E-state index contributed by atoms with van der Waals surface area (Å²) in [6.07, 6.45) is 5.29. The highest BCUT2D eigenvalue weighted by Gasteiger charge is 2.17. The molecule has 0 N–H and O–H groups in total. The van der Waals surface area contributed by atoms with Gasteiger partial charge in [-0.15, -0.1) is 17.8 Å². The SMILES string of the molecule is C#CCN1CCN(c2nc(C)cs2)CC1. The average molecular weight is 221 g/mol. The third-order valence-electron chi connectivity index (χ3n) is 2.56. The minimum Gasteiger partial charge on any atom is -0.346 e. The van der Waals surface area contributed by atoms with Gasteiger partial charge in [-0.2, -0.15) is 0 Å². The van der Waals surface area contributed by atoms with Gasteiger partial charge in [0, 0.05) is 31.6 Å². The fourth-order valence-electron chi connectivity index (χ4n) is 1.71. The molecular weight excluding hydrogens is 206 g/mol. The zero-order valence-electron chi connectivity index (χ0n) is 8.94. The van der Waals surface area contributed by atoms with E-state index in [-0.39, 0.29) is 0 Å². The minimum absolute atomic E-state index is 0.769. The van der Waals surface area contributed by atoms with Crippen LogP contribution in [0.5, 0.6) is 0 Å². The summed E-state index contributed by atoms with van der Waals surface area (Å²) in [5, 5.41) is 3.25. The first-order valence-corrected chi connectivity index (χ1v) is 6.00. The lowest BCUT2D eigenvalue weighted by molar-refractivity contribution is 0.288. The summed E-state index contributed by atoms with van der Waals surface area (Å²) in [5.74, 6) is 2.69. The van der Waals surface area contributed by atoms with Gasteiger partial charge in [-0.05, 0) is 6.92 Å². The minimum atomic E-state index is 0.769. The molecule has 0 bridgehead atoms. The number of terminal acetylenes is 1. The van der Waals surface area contributed by atoms with Crippen LogP contribution < -0.4 is 4.90 Å². The Morgan fingerprint density at radius 3 is 2.73 bits per heavy atom. The summed E-state index contributed by atoms with van der Waals surface area (Å²) < 4.78 is 0. The normalized spacial score (nSPS) is 17.7. The van der Waals surface area contributed by atoms with E-state index in [1.54, 1.807) is 11.3 Å². The van der Waals surface area contributed by atoms with Crippen LogP contribution in [0.3, 0.4) is 0 Å². The van der Waals surface area contributed by atoms with Gasteiger partial charge in [0.05, 0.1) is 12.2 Å². The van der Waals surface area contributed by atoms with Gasteiger partial charge in [-0.25, -0.2) is 4.98 Å². The van der Waals surface area contributed by atoms with Crippen molar-refractivity contribution in [1.29, 1.82) is 0 Å². The Labute approximate surface area is 94.7 Å². The molecule has 3 nitrogen and oxygen atoms in total. The van der Waals surface area contributed by atoms with E-state index in [1.165, 1.54) is 0 Å². The molecule has 0 atom stereocenters. The van der Waals surface area contributed by atoms with Crippen LogP contribution in [0.25, 0.3) is 0 Å². The van der Waals surface area contributed by atoms with Crippen molar-refractivity contribution in [2.45, 2.75) is 6.92 Å². The molecule has 2 heterocycles. The zero-order valence-corrected chi connectivity index (χ0v) is 9.76. The average Bonchev–Trinajstić information content (AvgIpc) is 2.67. The fourth-order valence-corrected chi connectivity index (χ4v) is 2.57. The van der Waals surface area contributed by atoms with Crippen molar-refractivity contribution in [3.8, 4) is 12.3 Å². The summed E-state index contributed by atoms with van der Waals surface area (Å²) in [5.41, 5.74) is 1.11. The maximum Gasteiger partial charge on any atom is 0.185 e. The van der Waals surface area contributed by atoms with E-state index < -0.39 is 0 Å². The van der Waals surface area contributed by atoms with Crippen LogP contribution in [-0.2, 0) is 0 Å². The summed E-state index contributed by atoms with van der Waals surface area (Å²) >= 11 is 1.73. The lowest BCUT2D eigenvalue weighted by Gasteiger charge is -2.33. The Kier molecular flexibility index (Phi) is 3.24. The van der Waals surface area contributed by atoms with Gasteiger partial charge < -0.3 is 4.90 Å². The molecule has 0 saturated carbocycles. The molecule has 1 aromatic rings. The van der Waals surface area contributed by atoms with E-state index in [9.17, 15) is 0 Å². The van der Waals surface area contributed by atoms with Crippen molar-refractivity contribution in [3.05, 3.63) is 11.1 Å². The van der Waals surface area contributed by atoms with Crippen molar-refractivity contribution in [2.75, 3.05) is 37.6 Å². The third kappa shape index (κ3) is 2.49. The third-order valence-corrected chi connectivity index (χ3v) is 3.58.